The first-order chi connectivity index (χ1) is 7.51. The Hall–Kier alpha value is -0.610. The van der Waals surface area contributed by atoms with E-state index >= 15 is 0 Å². The summed E-state index contributed by atoms with van der Waals surface area (Å²) >= 11 is 1.71. The number of hydrogen-bond donors (Lipinski definition) is 1. The standard InChI is InChI=1S/C12H21N3S/c1-9(12(2)5-6-12)13-7-10-8-16-11(14-10)15(3)4/h8-9,13H,5-7H2,1-4H3. The lowest BCUT2D eigenvalue weighted by molar-refractivity contribution is 0.378. The minimum atomic E-state index is 0.542. The SMILES string of the molecule is CC(NCc1csc(N(C)C)n1)C1(C)CC1. The van der Waals surface area contributed by atoms with Crippen LogP contribution in [0.2, 0.25) is 0 Å². The zero-order chi connectivity index (χ0) is 11.8. The molecule has 1 unspecified atom stereocenters. The molecule has 4 heteroatoms. The van der Waals surface area contributed by atoms with E-state index in [0.717, 1.165) is 17.4 Å². The molecule has 0 radical (unpaired) electrons. The predicted octanol–water partition coefficient (Wildman–Crippen LogP) is 2.49. The molecule has 1 saturated carbocycles. The van der Waals surface area contributed by atoms with Crippen LogP contribution in [0.5, 0.6) is 0 Å². The van der Waals surface area contributed by atoms with E-state index in [0.29, 0.717) is 11.5 Å². The van der Waals surface area contributed by atoms with Gasteiger partial charge in [-0.2, -0.15) is 0 Å². The third-order valence-corrected chi connectivity index (χ3v) is 4.65. The molecule has 2 rings (SSSR count). The number of rotatable bonds is 5. The highest BCUT2D eigenvalue weighted by molar-refractivity contribution is 7.13. The lowest BCUT2D eigenvalue weighted by atomic mass is 10.0. The molecular formula is C12H21N3S. The van der Waals surface area contributed by atoms with Crippen LogP contribution in [0, 0.1) is 5.41 Å². The van der Waals surface area contributed by atoms with Crippen LogP contribution in [-0.2, 0) is 6.54 Å². The van der Waals surface area contributed by atoms with E-state index in [1.807, 2.05) is 14.1 Å². The topological polar surface area (TPSA) is 28.2 Å². The van der Waals surface area contributed by atoms with Gasteiger partial charge in [-0.05, 0) is 25.2 Å². The fourth-order valence-corrected chi connectivity index (χ4v) is 2.48. The Labute approximate surface area is 102 Å². The smallest absolute Gasteiger partial charge is 0.185 e. The number of nitrogens with zero attached hydrogens (tertiary/aromatic N) is 2. The molecule has 1 heterocycles. The monoisotopic (exact) mass is 239 g/mol. The molecule has 1 aromatic rings. The minimum Gasteiger partial charge on any atom is -0.354 e. The van der Waals surface area contributed by atoms with Crippen molar-refractivity contribution in [2.45, 2.75) is 39.3 Å². The second-order valence-electron chi connectivity index (χ2n) is 5.27. The summed E-state index contributed by atoms with van der Waals surface area (Å²) in [4.78, 5) is 6.62. The van der Waals surface area contributed by atoms with Gasteiger partial charge in [0.2, 0.25) is 0 Å². The van der Waals surface area contributed by atoms with Gasteiger partial charge in [0.25, 0.3) is 0 Å². The molecule has 1 aromatic heterocycles. The first kappa shape index (κ1) is 11.9. The molecule has 0 saturated heterocycles. The molecular weight excluding hydrogens is 218 g/mol. The first-order valence-corrected chi connectivity index (χ1v) is 6.74. The summed E-state index contributed by atoms with van der Waals surface area (Å²) in [6.45, 7) is 5.53. The Morgan fingerprint density at radius 3 is 2.75 bits per heavy atom. The van der Waals surface area contributed by atoms with E-state index in [1.54, 1.807) is 11.3 Å². The molecule has 0 aliphatic heterocycles. The molecule has 16 heavy (non-hydrogen) atoms. The summed E-state index contributed by atoms with van der Waals surface area (Å²) in [7, 11) is 4.06. The van der Waals surface area contributed by atoms with Crippen molar-refractivity contribution in [3.63, 3.8) is 0 Å². The summed E-state index contributed by atoms with van der Waals surface area (Å²) < 4.78 is 0. The van der Waals surface area contributed by atoms with Gasteiger partial charge in [-0.25, -0.2) is 4.98 Å². The highest BCUT2D eigenvalue weighted by Gasteiger charge is 2.42. The minimum absolute atomic E-state index is 0.542. The van der Waals surface area contributed by atoms with Crippen LogP contribution in [0.3, 0.4) is 0 Å². The lowest BCUT2D eigenvalue weighted by Crippen LogP contribution is -2.32. The van der Waals surface area contributed by atoms with Crippen LogP contribution in [-0.4, -0.2) is 25.1 Å². The maximum atomic E-state index is 4.57. The van der Waals surface area contributed by atoms with Crippen molar-refractivity contribution in [1.82, 2.24) is 10.3 Å². The van der Waals surface area contributed by atoms with Gasteiger partial charge in [0.1, 0.15) is 0 Å². The second kappa shape index (κ2) is 4.34. The van der Waals surface area contributed by atoms with E-state index < -0.39 is 0 Å². The van der Waals surface area contributed by atoms with E-state index in [2.05, 4.69) is 34.4 Å². The zero-order valence-corrected chi connectivity index (χ0v) is 11.4. The number of thiazole rings is 1. The van der Waals surface area contributed by atoms with Gasteiger partial charge < -0.3 is 10.2 Å². The van der Waals surface area contributed by atoms with Crippen molar-refractivity contribution in [1.29, 1.82) is 0 Å². The average molecular weight is 239 g/mol. The quantitative estimate of drug-likeness (QED) is 0.855. The molecule has 0 spiro atoms. The molecule has 90 valence electrons. The Kier molecular flexibility index (Phi) is 3.22. The van der Waals surface area contributed by atoms with Crippen LogP contribution >= 0.6 is 11.3 Å². The summed E-state index contributed by atoms with van der Waals surface area (Å²) in [6.07, 6.45) is 2.72. The fraction of sp³-hybridized carbons (Fsp3) is 0.750. The van der Waals surface area contributed by atoms with Crippen LogP contribution in [0.4, 0.5) is 5.13 Å². The number of nitrogens with one attached hydrogen (secondary N) is 1. The van der Waals surface area contributed by atoms with Gasteiger partial charge >= 0.3 is 0 Å². The van der Waals surface area contributed by atoms with E-state index in [9.17, 15) is 0 Å². The third kappa shape index (κ3) is 2.55. The first-order valence-electron chi connectivity index (χ1n) is 5.86. The maximum Gasteiger partial charge on any atom is 0.185 e. The number of aromatic nitrogens is 1. The summed E-state index contributed by atoms with van der Waals surface area (Å²) in [5.74, 6) is 0. The van der Waals surface area contributed by atoms with Crippen LogP contribution in [0.15, 0.2) is 5.38 Å². The van der Waals surface area contributed by atoms with Crippen LogP contribution in [0.25, 0.3) is 0 Å². The summed E-state index contributed by atoms with van der Waals surface area (Å²) in [5.41, 5.74) is 1.70. The van der Waals surface area contributed by atoms with Gasteiger partial charge in [0.15, 0.2) is 5.13 Å². The molecule has 0 aromatic carbocycles. The van der Waals surface area contributed by atoms with Crippen molar-refractivity contribution >= 4 is 16.5 Å². The van der Waals surface area contributed by atoms with E-state index in [1.165, 1.54) is 12.8 Å². The molecule has 1 aliphatic rings. The van der Waals surface area contributed by atoms with Gasteiger partial charge in [-0.3, -0.25) is 0 Å². The lowest BCUT2D eigenvalue weighted by Gasteiger charge is -2.19. The molecule has 1 fully saturated rings. The van der Waals surface area contributed by atoms with Gasteiger partial charge in [-0.15, -0.1) is 11.3 Å². The Morgan fingerprint density at radius 2 is 2.25 bits per heavy atom. The van der Waals surface area contributed by atoms with Crippen molar-refractivity contribution in [2.75, 3.05) is 19.0 Å². The van der Waals surface area contributed by atoms with Crippen molar-refractivity contribution in [3.8, 4) is 0 Å². The van der Waals surface area contributed by atoms with E-state index in [4.69, 9.17) is 0 Å². The number of anilines is 1. The zero-order valence-electron chi connectivity index (χ0n) is 10.6. The van der Waals surface area contributed by atoms with Crippen LogP contribution in [0.1, 0.15) is 32.4 Å². The molecule has 0 amide bonds. The largest absolute Gasteiger partial charge is 0.354 e. The molecule has 1 N–H and O–H groups in total. The second-order valence-corrected chi connectivity index (χ2v) is 6.11. The highest BCUT2D eigenvalue weighted by atomic mass is 32.1. The molecule has 0 bridgehead atoms. The Morgan fingerprint density at radius 1 is 1.56 bits per heavy atom. The van der Waals surface area contributed by atoms with Crippen molar-refractivity contribution in [3.05, 3.63) is 11.1 Å². The fourth-order valence-electron chi connectivity index (χ4n) is 1.72. The van der Waals surface area contributed by atoms with Crippen LogP contribution < -0.4 is 10.2 Å². The average Bonchev–Trinajstić information content (AvgIpc) is 2.82. The Bertz CT molecular complexity index is 355. The van der Waals surface area contributed by atoms with Gasteiger partial charge in [0.05, 0.1) is 5.69 Å². The third-order valence-electron chi connectivity index (χ3n) is 3.60. The number of hydrogen-bond acceptors (Lipinski definition) is 4. The summed E-state index contributed by atoms with van der Waals surface area (Å²) in [5, 5.41) is 6.81. The van der Waals surface area contributed by atoms with Crippen molar-refractivity contribution < 1.29 is 0 Å². The maximum absolute atomic E-state index is 4.57. The predicted molar refractivity (Wildman–Crippen MR) is 70.1 cm³/mol. The molecule has 3 nitrogen and oxygen atoms in total. The van der Waals surface area contributed by atoms with Crippen molar-refractivity contribution in [2.24, 2.45) is 5.41 Å². The normalized spacial score (nSPS) is 19.5. The highest BCUT2D eigenvalue weighted by Crippen LogP contribution is 2.47. The Balaban J connectivity index is 1.85. The van der Waals surface area contributed by atoms with Gasteiger partial charge in [-0.1, -0.05) is 6.92 Å². The molecule has 1 atom stereocenters. The van der Waals surface area contributed by atoms with E-state index in [-0.39, 0.29) is 0 Å². The van der Waals surface area contributed by atoms with Gasteiger partial charge in [0, 0.05) is 32.1 Å². The summed E-state index contributed by atoms with van der Waals surface area (Å²) in [6, 6.07) is 0.594. The molecule has 1 aliphatic carbocycles.